The highest BCUT2D eigenvalue weighted by Crippen LogP contribution is 2.10. The molecule has 0 atom stereocenters. The number of ketones is 1. The second-order valence-electron chi connectivity index (χ2n) is 5.09. The molecule has 0 saturated carbocycles. The number of aliphatic hydroxyl groups excluding tert-OH is 1. The first-order valence-electron chi connectivity index (χ1n) is 7.51. The highest BCUT2D eigenvalue weighted by Gasteiger charge is 2.02. The summed E-state index contributed by atoms with van der Waals surface area (Å²) in [6.07, 6.45) is 10.1. The van der Waals surface area contributed by atoms with Crippen LogP contribution in [0.2, 0.25) is 0 Å². The number of Topliss-reactive ketones (excluding diaryl/α,β-unsaturated/α-hetero) is 1. The molecule has 0 aromatic carbocycles. The van der Waals surface area contributed by atoms with Crippen LogP contribution in [0.15, 0.2) is 0 Å². The van der Waals surface area contributed by atoms with E-state index >= 15 is 0 Å². The van der Waals surface area contributed by atoms with Gasteiger partial charge in [0, 0.05) is 25.9 Å². The van der Waals surface area contributed by atoms with E-state index in [2.05, 4.69) is 0 Å². The van der Waals surface area contributed by atoms with Crippen molar-refractivity contribution in [2.45, 2.75) is 77.0 Å². The van der Waals surface area contributed by atoms with Crippen molar-refractivity contribution in [1.29, 1.82) is 0 Å². The Kier molecular flexibility index (Phi) is 12.9. The van der Waals surface area contributed by atoms with Gasteiger partial charge in [0.1, 0.15) is 5.78 Å². The molecule has 0 aliphatic heterocycles. The minimum absolute atomic E-state index is 0.210. The van der Waals surface area contributed by atoms with E-state index in [1.54, 1.807) is 0 Å². The first kappa shape index (κ1) is 18.1. The van der Waals surface area contributed by atoms with Gasteiger partial charge in [-0.1, -0.05) is 32.1 Å². The van der Waals surface area contributed by atoms with Crippen LogP contribution in [0.1, 0.15) is 77.0 Å². The molecule has 4 nitrogen and oxygen atoms in total. The van der Waals surface area contributed by atoms with Crippen molar-refractivity contribution in [2.24, 2.45) is 0 Å². The van der Waals surface area contributed by atoms with Crippen molar-refractivity contribution in [2.75, 3.05) is 6.61 Å². The summed E-state index contributed by atoms with van der Waals surface area (Å²) in [5, 5.41) is 17.1. The van der Waals surface area contributed by atoms with Gasteiger partial charge in [-0.2, -0.15) is 0 Å². The first-order valence-corrected chi connectivity index (χ1v) is 7.51. The fourth-order valence-electron chi connectivity index (χ4n) is 2.04. The number of carbonyl (C=O) groups is 2. The van der Waals surface area contributed by atoms with Gasteiger partial charge in [-0.3, -0.25) is 9.59 Å². The zero-order valence-corrected chi connectivity index (χ0v) is 11.9. The van der Waals surface area contributed by atoms with Crippen LogP contribution < -0.4 is 0 Å². The van der Waals surface area contributed by atoms with Gasteiger partial charge in [-0.15, -0.1) is 0 Å². The van der Waals surface area contributed by atoms with Gasteiger partial charge in [0.2, 0.25) is 0 Å². The molecule has 0 aromatic rings. The summed E-state index contributed by atoms with van der Waals surface area (Å²) in [6, 6.07) is 0. The number of carboxylic acids is 1. The molecule has 0 unspecified atom stereocenters. The number of unbranched alkanes of at least 4 members (excludes halogenated alkanes) is 7. The largest absolute Gasteiger partial charge is 0.481 e. The van der Waals surface area contributed by atoms with Gasteiger partial charge >= 0.3 is 5.97 Å². The Morgan fingerprint density at radius 3 is 1.58 bits per heavy atom. The maximum atomic E-state index is 11.5. The number of aliphatic carboxylic acids is 1. The van der Waals surface area contributed by atoms with Crippen LogP contribution in [0, 0.1) is 0 Å². The normalized spacial score (nSPS) is 10.6. The van der Waals surface area contributed by atoms with Crippen molar-refractivity contribution < 1.29 is 19.8 Å². The van der Waals surface area contributed by atoms with Crippen LogP contribution in [0.5, 0.6) is 0 Å². The maximum absolute atomic E-state index is 11.5. The highest BCUT2D eigenvalue weighted by atomic mass is 16.4. The van der Waals surface area contributed by atoms with Crippen LogP contribution in [0.3, 0.4) is 0 Å². The quantitative estimate of drug-likeness (QED) is 0.476. The fraction of sp³-hybridized carbons (Fsp3) is 0.867. The number of hydrogen-bond donors (Lipinski definition) is 2. The summed E-state index contributed by atoms with van der Waals surface area (Å²) in [5.74, 6) is -0.446. The second-order valence-corrected chi connectivity index (χ2v) is 5.09. The SMILES string of the molecule is O=C(O)CCCCCC(=O)CCCCCCCCO. The summed E-state index contributed by atoms with van der Waals surface area (Å²) < 4.78 is 0. The van der Waals surface area contributed by atoms with Gasteiger partial charge in [-0.25, -0.2) is 0 Å². The summed E-state index contributed by atoms with van der Waals surface area (Å²) >= 11 is 0. The summed E-state index contributed by atoms with van der Waals surface area (Å²) in [6.45, 7) is 0.278. The lowest BCUT2D eigenvalue weighted by Crippen LogP contribution is -1.99. The molecule has 0 bridgehead atoms. The number of carbonyl (C=O) groups excluding carboxylic acids is 1. The lowest BCUT2D eigenvalue weighted by atomic mass is 10.0. The molecule has 0 radical (unpaired) electrons. The van der Waals surface area contributed by atoms with Gasteiger partial charge in [0.15, 0.2) is 0 Å². The van der Waals surface area contributed by atoms with E-state index in [9.17, 15) is 9.59 Å². The second kappa shape index (κ2) is 13.5. The minimum atomic E-state index is -0.757. The summed E-state index contributed by atoms with van der Waals surface area (Å²) in [4.78, 5) is 21.8. The Morgan fingerprint density at radius 2 is 1.05 bits per heavy atom. The molecule has 0 aromatic heterocycles. The lowest BCUT2D eigenvalue weighted by Gasteiger charge is -2.02. The number of carboxylic acid groups (broad SMARTS) is 1. The van der Waals surface area contributed by atoms with Crippen LogP contribution >= 0.6 is 0 Å². The number of rotatable bonds is 14. The molecular formula is C15H28O4. The van der Waals surface area contributed by atoms with E-state index < -0.39 is 5.97 Å². The van der Waals surface area contributed by atoms with Gasteiger partial charge in [0.05, 0.1) is 0 Å². The third kappa shape index (κ3) is 15.0. The summed E-state index contributed by atoms with van der Waals surface area (Å²) in [7, 11) is 0. The molecule has 0 aliphatic carbocycles. The molecule has 0 fully saturated rings. The van der Waals surface area contributed by atoms with Gasteiger partial charge in [0.25, 0.3) is 0 Å². The van der Waals surface area contributed by atoms with E-state index in [-0.39, 0.29) is 13.0 Å². The van der Waals surface area contributed by atoms with Crippen molar-refractivity contribution in [3.8, 4) is 0 Å². The zero-order valence-electron chi connectivity index (χ0n) is 11.9. The predicted molar refractivity (Wildman–Crippen MR) is 75.1 cm³/mol. The zero-order chi connectivity index (χ0) is 14.3. The van der Waals surface area contributed by atoms with E-state index in [1.807, 2.05) is 0 Å². The monoisotopic (exact) mass is 272 g/mol. The predicted octanol–water partition coefficient (Wildman–Crippen LogP) is 3.31. The maximum Gasteiger partial charge on any atom is 0.303 e. The average molecular weight is 272 g/mol. The Morgan fingerprint density at radius 1 is 0.632 bits per heavy atom. The molecule has 112 valence electrons. The van der Waals surface area contributed by atoms with Gasteiger partial charge in [-0.05, 0) is 25.7 Å². The number of aliphatic hydroxyl groups is 1. The lowest BCUT2D eigenvalue weighted by molar-refractivity contribution is -0.137. The highest BCUT2D eigenvalue weighted by molar-refractivity contribution is 5.78. The third-order valence-electron chi connectivity index (χ3n) is 3.21. The molecule has 0 aliphatic rings. The van der Waals surface area contributed by atoms with Crippen LogP contribution in [-0.2, 0) is 9.59 Å². The van der Waals surface area contributed by atoms with Crippen LogP contribution in [0.4, 0.5) is 0 Å². The Labute approximate surface area is 116 Å². The molecule has 0 heterocycles. The van der Waals surface area contributed by atoms with Crippen molar-refractivity contribution in [1.82, 2.24) is 0 Å². The molecule has 0 saturated heterocycles. The Hall–Kier alpha value is -0.900. The van der Waals surface area contributed by atoms with Gasteiger partial charge < -0.3 is 10.2 Å². The fourth-order valence-corrected chi connectivity index (χ4v) is 2.04. The molecule has 2 N–H and O–H groups in total. The Balaban J connectivity index is 3.19. The average Bonchev–Trinajstić information content (AvgIpc) is 2.37. The van der Waals surface area contributed by atoms with Crippen molar-refractivity contribution in [3.05, 3.63) is 0 Å². The van der Waals surface area contributed by atoms with Crippen molar-refractivity contribution >= 4 is 11.8 Å². The van der Waals surface area contributed by atoms with E-state index in [4.69, 9.17) is 10.2 Å². The molecule has 0 amide bonds. The topological polar surface area (TPSA) is 74.6 Å². The standard InChI is InChI=1S/C15H28O4/c16-13-9-4-2-1-3-6-10-14(17)11-7-5-8-12-15(18)19/h16H,1-13H2,(H,18,19). The molecule has 0 spiro atoms. The van der Waals surface area contributed by atoms with E-state index in [1.165, 1.54) is 0 Å². The van der Waals surface area contributed by atoms with E-state index in [0.29, 0.717) is 25.0 Å². The first-order chi connectivity index (χ1) is 9.16. The Bertz CT molecular complexity index is 238. The van der Waals surface area contributed by atoms with E-state index in [0.717, 1.165) is 51.4 Å². The van der Waals surface area contributed by atoms with Crippen LogP contribution in [0.25, 0.3) is 0 Å². The van der Waals surface area contributed by atoms with Crippen molar-refractivity contribution in [3.63, 3.8) is 0 Å². The molecule has 0 rings (SSSR count). The molecular weight excluding hydrogens is 244 g/mol. The van der Waals surface area contributed by atoms with Crippen LogP contribution in [-0.4, -0.2) is 28.6 Å². The number of hydrogen-bond acceptors (Lipinski definition) is 3. The summed E-state index contributed by atoms with van der Waals surface area (Å²) in [5.41, 5.74) is 0. The minimum Gasteiger partial charge on any atom is -0.481 e. The smallest absolute Gasteiger partial charge is 0.303 e. The third-order valence-corrected chi connectivity index (χ3v) is 3.21. The molecule has 4 heteroatoms. The molecule has 19 heavy (non-hydrogen) atoms.